The molecule has 2 fully saturated rings. The van der Waals surface area contributed by atoms with E-state index in [9.17, 15) is 23.1 Å². The van der Waals surface area contributed by atoms with E-state index >= 15 is 0 Å². The minimum atomic E-state index is -3.35. The van der Waals surface area contributed by atoms with Crippen molar-refractivity contribution in [2.24, 2.45) is 11.3 Å². The molecule has 0 saturated carbocycles. The highest BCUT2D eigenvalue weighted by Crippen LogP contribution is 2.44. The Morgan fingerprint density at radius 3 is 2.40 bits per heavy atom. The normalized spacial score (nSPS) is 31.9. The summed E-state index contributed by atoms with van der Waals surface area (Å²) in [6.07, 6.45) is -0.593. The number of amides is 1. The van der Waals surface area contributed by atoms with Crippen molar-refractivity contribution < 1.29 is 27.9 Å². The summed E-state index contributed by atoms with van der Waals surface area (Å²) in [6, 6.07) is 0. The van der Waals surface area contributed by atoms with Crippen LogP contribution in [-0.4, -0.2) is 60.7 Å². The summed E-state index contributed by atoms with van der Waals surface area (Å²) >= 11 is 0. The molecule has 114 valence electrons. The van der Waals surface area contributed by atoms with E-state index in [4.69, 9.17) is 4.74 Å². The van der Waals surface area contributed by atoms with Gasteiger partial charge >= 0.3 is 12.1 Å². The second kappa shape index (κ2) is 4.34. The molecule has 0 radical (unpaired) electrons. The summed E-state index contributed by atoms with van der Waals surface area (Å²) in [5.41, 5.74) is -2.05. The van der Waals surface area contributed by atoms with Gasteiger partial charge in [0.2, 0.25) is 0 Å². The fourth-order valence-corrected chi connectivity index (χ4v) is 5.27. The summed E-state index contributed by atoms with van der Waals surface area (Å²) in [6.45, 7) is 5.17. The molecule has 0 aromatic heterocycles. The number of aliphatic carboxylic acids is 1. The maximum absolute atomic E-state index is 12.0. The molecule has 2 aliphatic rings. The lowest BCUT2D eigenvalue weighted by atomic mass is 9.81. The highest BCUT2D eigenvalue weighted by molar-refractivity contribution is 7.91. The number of carboxylic acid groups (broad SMARTS) is 1. The van der Waals surface area contributed by atoms with Gasteiger partial charge in [-0.25, -0.2) is 13.2 Å². The molecule has 1 amide bonds. The van der Waals surface area contributed by atoms with Crippen molar-refractivity contribution in [2.45, 2.75) is 26.4 Å². The van der Waals surface area contributed by atoms with Gasteiger partial charge in [0.25, 0.3) is 0 Å². The molecule has 2 atom stereocenters. The zero-order valence-electron chi connectivity index (χ0n) is 11.7. The standard InChI is InChI=1S/C12H19NO6S/c1-11(2,3)19-10(16)13-4-8-5-20(17,18)7-12(8,6-13)9(14)15/h8H,4-7H2,1-3H3,(H,14,15). The third kappa shape index (κ3) is 2.61. The quantitative estimate of drug-likeness (QED) is 0.750. The molecule has 8 heteroatoms. The number of carbonyl (C=O) groups is 2. The second-order valence-corrected chi connectivity index (χ2v) is 8.68. The monoisotopic (exact) mass is 305 g/mol. The number of rotatable bonds is 1. The molecular formula is C12H19NO6S. The first-order valence-electron chi connectivity index (χ1n) is 6.37. The van der Waals surface area contributed by atoms with Crippen molar-refractivity contribution in [1.82, 2.24) is 4.90 Å². The van der Waals surface area contributed by atoms with Gasteiger partial charge in [-0.2, -0.15) is 0 Å². The van der Waals surface area contributed by atoms with Gasteiger partial charge < -0.3 is 14.7 Å². The van der Waals surface area contributed by atoms with Gasteiger partial charge in [-0.15, -0.1) is 0 Å². The van der Waals surface area contributed by atoms with E-state index in [2.05, 4.69) is 0 Å². The van der Waals surface area contributed by atoms with Crippen molar-refractivity contribution in [1.29, 1.82) is 0 Å². The van der Waals surface area contributed by atoms with Crippen molar-refractivity contribution in [2.75, 3.05) is 24.6 Å². The van der Waals surface area contributed by atoms with Gasteiger partial charge in [0, 0.05) is 19.0 Å². The Balaban J connectivity index is 2.19. The Labute approximate surface area is 117 Å². The first-order valence-corrected chi connectivity index (χ1v) is 8.19. The third-order valence-corrected chi connectivity index (χ3v) is 5.57. The molecular weight excluding hydrogens is 286 g/mol. The predicted molar refractivity (Wildman–Crippen MR) is 70.0 cm³/mol. The van der Waals surface area contributed by atoms with Crippen LogP contribution in [0.1, 0.15) is 20.8 Å². The number of ether oxygens (including phenoxy) is 1. The third-order valence-electron chi connectivity index (χ3n) is 3.71. The summed E-state index contributed by atoms with van der Waals surface area (Å²) in [4.78, 5) is 24.8. The second-order valence-electron chi connectivity index (χ2n) is 6.57. The number of fused-ring (bicyclic) bond motifs is 1. The lowest BCUT2D eigenvalue weighted by Crippen LogP contribution is -2.41. The van der Waals surface area contributed by atoms with Crippen LogP contribution in [-0.2, 0) is 19.4 Å². The van der Waals surface area contributed by atoms with Crippen LogP contribution in [0, 0.1) is 11.3 Å². The van der Waals surface area contributed by atoms with Crippen LogP contribution in [0.3, 0.4) is 0 Å². The molecule has 0 aliphatic carbocycles. The summed E-state index contributed by atoms with van der Waals surface area (Å²) < 4.78 is 28.5. The molecule has 0 aromatic carbocycles. The molecule has 7 nitrogen and oxygen atoms in total. The first kappa shape index (κ1) is 15.1. The van der Waals surface area contributed by atoms with Crippen LogP contribution in [0.4, 0.5) is 4.79 Å². The number of hydrogen-bond acceptors (Lipinski definition) is 5. The van der Waals surface area contributed by atoms with E-state index in [-0.39, 0.29) is 18.8 Å². The molecule has 2 heterocycles. The van der Waals surface area contributed by atoms with Crippen LogP contribution in [0.2, 0.25) is 0 Å². The molecule has 2 unspecified atom stereocenters. The highest BCUT2D eigenvalue weighted by atomic mass is 32.2. The van der Waals surface area contributed by atoms with E-state index in [1.165, 1.54) is 4.90 Å². The largest absolute Gasteiger partial charge is 0.481 e. The Hall–Kier alpha value is -1.31. The fourth-order valence-electron chi connectivity index (χ4n) is 2.88. The van der Waals surface area contributed by atoms with Crippen LogP contribution in [0.25, 0.3) is 0 Å². The van der Waals surface area contributed by atoms with Crippen molar-refractivity contribution in [3.05, 3.63) is 0 Å². The number of carboxylic acids is 1. The molecule has 20 heavy (non-hydrogen) atoms. The number of carbonyl (C=O) groups excluding carboxylic acids is 1. The van der Waals surface area contributed by atoms with Crippen LogP contribution in [0.15, 0.2) is 0 Å². The topological polar surface area (TPSA) is 101 Å². The molecule has 1 N–H and O–H groups in total. The summed E-state index contributed by atoms with van der Waals surface area (Å²) in [5, 5.41) is 9.40. The molecule has 0 spiro atoms. The van der Waals surface area contributed by atoms with Crippen molar-refractivity contribution in [3.63, 3.8) is 0 Å². The Morgan fingerprint density at radius 2 is 1.95 bits per heavy atom. The highest BCUT2D eigenvalue weighted by Gasteiger charge is 2.61. The van der Waals surface area contributed by atoms with E-state index in [0.29, 0.717) is 0 Å². The van der Waals surface area contributed by atoms with E-state index in [1.807, 2.05) is 0 Å². The van der Waals surface area contributed by atoms with Gasteiger partial charge in [0.05, 0.1) is 11.5 Å². The average Bonchev–Trinajstić information content (AvgIpc) is 2.64. The summed E-state index contributed by atoms with van der Waals surface area (Å²) in [5.74, 6) is -2.30. The van der Waals surface area contributed by atoms with Crippen LogP contribution < -0.4 is 0 Å². The maximum atomic E-state index is 12.0. The SMILES string of the molecule is CC(C)(C)OC(=O)N1CC2CS(=O)(=O)CC2(C(=O)O)C1. The number of sulfone groups is 1. The zero-order chi connectivity index (χ0) is 15.3. The predicted octanol–water partition coefficient (Wildman–Crippen LogP) is 0.353. The van der Waals surface area contributed by atoms with Gasteiger partial charge in [-0.05, 0) is 20.8 Å². The fraction of sp³-hybridized carbons (Fsp3) is 0.833. The van der Waals surface area contributed by atoms with Gasteiger partial charge in [0.1, 0.15) is 11.0 Å². The maximum Gasteiger partial charge on any atom is 0.410 e. The van der Waals surface area contributed by atoms with Gasteiger partial charge in [-0.3, -0.25) is 4.79 Å². The minimum Gasteiger partial charge on any atom is -0.481 e. The molecule has 0 aromatic rings. The zero-order valence-corrected chi connectivity index (χ0v) is 12.6. The summed E-state index contributed by atoms with van der Waals surface area (Å²) in [7, 11) is -3.35. The van der Waals surface area contributed by atoms with Crippen LogP contribution in [0.5, 0.6) is 0 Å². The van der Waals surface area contributed by atoms with E-state index in [0.717, 1.165) is 0 Å². The lowest BCUT2D eigenvalue weighted by Gasteiger charge is -2.26. The van der Waals surface area contributed by atoms with Crippen molar-refractivity contribution in [3.8, 4) is 0 Å². The van der Waals surface area contributed by atoms with Crippen molar-refractivity contribution >= 4 is 21.9 Å². The average molecular weight is 305 g/mol. The molecule has 0 bridgehead atoms. The number of likely N-dealkylation sites (tertiary alicyclic amines) is 1. The molecule has 2 rings (SSSR count). The molecule has 2 aliphatic heterocycles. The first-order chi connectivity index (χ1) is 8.95. The Morgan fingerprint density at radius 1 is 1.35 bits per heavy atom. The van der Waals surface area contributed by atoms with Gasteiger partial charge in [0.15, 0.2) is 9.84 Å². The smallest absolute Gasteiger partial charge is 0.410 e. The van der Waals surface area contributed by atoms with E-state index in [1.54, 1.807) is 20.8 Å². The minimum absolute atomic E-state index is 0.110. The van der Waals surface area contributed by atoms with Crippen LogP contribution >= 0.6 is 0 Å². The number of hydrogen-bond donors (Lipinski definition) is 1. The Bertz CT molecular complexity index is 549. The van der Waals surface area contributed by atoms with E-state index < -0.39 is 44.6 Å². The Kier molecular flexibility index (Phi) is 3.27. The number of nitrogens with zero attached hydrogens (tertiary/aromatic N) is 1. The molecule has 2 saturated heterocycles. The van der Waals surface area contributed by atoms with Gasteiger partial charge in [-0.1, -0.05) is 0 Å². The lowest BCUT2D eigenvalue weighted by molar-refractivity contribution is -0.148.